The van der Waals surface area contributed by atoms with Crippen LogP contribution in [0.25, 0.3) is 0 Å². The molecular formula is C9H19NO. The normalized spacial score (nSPS) is 24.5. The van der Waals surface area contributed by atoms with Crippen molar-refractivity contribution in [2.75, 3.05) is 6.61 Å². The van der Waals surface area contributed by atoms with Crippen molar-refractivity contribution in [1.29, 1.82) is 0 Å². The van der Waals surface area contributed by atoms with Crippen molar-refractivity contribution < 1.29 is 5.11 Å². The van der Waals surface area contributed by atoms with Gasteiger partial charge in [-0.1, -0.05) is 25.7 Å². The predicted octanol–water partition coefficient (Wildman–Crippen LogP) is 1.28. The minimum atomic E-state index is 0.0353. The van der Waals surface area contributed by atoms with Gasteiger partial charge in [0.2, 0.25) is 0 Å². The van der Waals surface area contributed by atoms with Crippen molar-refractivity contribution >= 4 is 0 Å². The molecule has 0 aromatic heterocycles. The minimum Gasteiger partial charge on any atom is -0.395 e. The maximum Gasteiger partial charge on any atom is 0.0585 e. The molecule has 0 spiro atoms. The van der Waals surface area contributed by atoms with Crippen molar-refractivity contribution in [2.45, 2.75) is 44.6 Å². The molecule has 1 atom stereocenters. The lowest BCUT2D eigenvalue weighted by atomic mass is 9.93. The molecular weight excluding hydrogens is 138 g/mol. The maximum absolute atomic E-state index is 8.85. The van der Waals surface area contributed by atoms with Gasteiger partial charge in [-0.15, -0.1) is 0 Å². The average Bonchev–Trinajstić information content (AvgIpc) is 2.30. The van der Waals surface area contributed by atoms with E-state index in [9.17, 15) is 0 Å². The van der Waals surface area contributed by atoms with Crippen LogP contribution < -0.4 is 5.73 Å². The summed E-state index contributed by atoms with van der Waals surface area (Å²) in [5, 5.41) is 8.85. The van der Waals surface area contributed by atoms with E-state index < -0.39 is 0 Å². The molecule has 66 valence electrons. The van der Waals surface area contributed by atoms with Gasteiger partial charge in [0.1, 0.15) is 0 Å². The monoisotopic (exact) mass is 157 g/mol. The van der Waals surface area contributed by atoms with Gasteiger partial charge in [-0.25, -0.2) is 0 Å². The minimum absolute atomic E-state index is 0.0353. The lowest BCUT2D eigenvalue weighted by Gasteiger charge is -2.19. The molecule has 0 aromatic rings. The first-order valence-corrected chi connectivity index (χ1v) is 4.71. The Morgan fingerprint density at radius 3 is 2.18 bits per heavy atom. The lowest BCUT2D eigenvalue weighted by molar-refractivity contribution is 0.216. The van der Waals surface area contributed by atoms with Crippen LogP contribution in [0.4, 0.5) is 0 Å². The first-order valence-electron chi connectivity index (χ1n) is 4.71. The Hall–Kier alpha value is -0.0800. The Bertz CT molecular complexity index is 97.7. The Kier molecular flexibility index (Phi) is 3.87. The molecule has 2 heteroatoms. The second-order valence-corrected chi connectivity index (χ2v) is 3.60. The molecule has 1 aliphatic carbocycles. The predicted molar refractivity (Wildman–Crippen MR) is 46.3 cm³/mol. The molecule has 0 amide bonds. The highest BCUT2D eigenvalue weighted by Gasteiger charge is 2.18. The first-order chi connectivity index (χ1) is 5.34. The van der Waals surface area contributed by atoms with E-state index in [4.69, 9.17) is 10.8 Å². The molecule has 0 unspecified atom stereocenters. The summed E-state index contributed by atoms with van der Waals surface area (Å²) >= 11 is 0. The van der Waals surface area contributed by atoms with E-state index in [0.717, 1.165) is 0 Å². The van der Waals surface area contributed by atoms with Crippen molar-refractivity contribution in [2.24, 2.45) is 11.7 Å². The highest BCUT2D eigenvalue weighted by atomic mass is 16.3. The van der Waals surface area contributed by atoms with Gasteiger partial charge >= 0.3 is 0 Å². The number of aliphatic hydroxyl groups excluding tert-OH is 1. The van der Waals surface area contributed by atoms with Crippen LogP contribution >= 0.6 is 0 Å². The summed E-state index contributed by atoms with van der Waals surface area (Å²) in [7, 11) is 0. The molecule has 0 saturated heterocycles. The summed E-state index contributed by atoms with van der Waals surface area (Å²) in [5.74, 6) is 0.586. The molecule has 1 rings (SSSR count). The topological polar surface area (TPSA) is 46.2 Å². The second kappa shape index (κ2) is 4.73. The molecule has 11 heavy (non-hydrogen) atoms. The Morgan fingerprint density at radius 2 is 1.73 bits per heavy atom. The second-order valence-electron chi connectivity index (χ2n) is 3.60. The summed E-state index contributed by atoms with van der Waals surface area (Å²) in [6, 6.07) is 0.0353. The van der Waals surface area contributed by atoms with E-state index in [1.165, 1.54) is 38.5 Å². The fourth-order valence-corrected chi connectivity index (χ4v) is 1.89. The summed E-state index contributed by atoms with van der Waals surface area (Å²) in [5.41, 5.74) is 5.77. The third kappa shape index (κ3) is 2.80. The van der Waals surface area contributed by atoms with E-state index in [-0.39, 0.29) is 12.6 Å². The molecule has 0 heterocycles. The lowest BCUT2D eigenvalue weighted by Crippen LogP contribution is -2.33. The van der Waals surface area contributed by atoms with E-state index in [0.29, 0.717) is 5.92 Å². The summed E-state index contributed by atoms with van der Waals surface area (Å²) in [6.45, 7) is 0.157. The third-order valence-electron chi connectivity index (χ3n) is 2.72. The highest BCUT2D eigenvalue weighted by Crippen LogP contribution is 2.24. The Morgan fingerprint density at radius 1 is 1.18 bits per heavy atom. The van der Waals surface area contributed by atoms with Crippen molar-refractivity contribution in [3.8, 4) is 0 Å². The number of hydrogen-bond acceptors (Lipinski definition) is 2. The van der Waals surface area contributed by atoms with Crippen LogP contribution in [0.3, 0.4) is 0 Å². The van der Waals surface area contributed by atoms with E-state index in [1.807, 2.05) is 0 Å². The van der Waals surface area contributed by atoms with E-state index in [1.54, 1.807) is 0 Å². The van der Waals surface area contributed by atoms with Gasteiger partial charge in [0, 0.05) is 6.04 Å². The molecule has 0 bridgehead atoms. The van der Waals surface area contributed by atoms with E-state index in [2.05, 4.69) is 0 Å². The van der Waals surface area contributed by atoms with E-state index >= 15 is 0 Å². The molecule has 0 aromatic carbocycles. The van der Waals surface area contributed by atoms with Gasteiger partial charge in [-0.2, -0.15) is 0 Å². The van der Waals surface area contributed by atoms with Crippen LogP contribution in [0.15, 0.2) is 0 Å². The van der Waals surface area contributed by atoms with Crippen LogP contribution in [0.1, 0.15) is 38.5 Å². The largest absolute Gasteiger partial charge is 0.395 e. The smallest absolute Gasteiger partial charge is 0.0585 e. The van der Waals surface area contributed by atoms with Crippen LogP contribution in [-0.2, 0) is 0 Å². The van der Waals surface area contributed by atoms with Gasteiger partial charge < -0.3 is 10.8 Å². The highest BCUT2D eigenvalue weighted by molar-refractivity contribution is 4.74. The fraction of sp³-hybridized carbons (Fsp3) is 1.00. The van der Waals surface area contributed by atoms with Crippen LogP contribution in [-0.4, -0.2) is 17.8 Å². The van der Waals surface area contributed by atoms with Crippen LogP contribution in [0.2, 0.25) is 0 Å². The van der Waals surface area contributed by atoms with Gasteiger partial charge in [-0.3, -0.25) is 0 Å². The molecule has 1 aliphatic rings. The van der Waals surface area contributed by atoms with Crippen LogP contribution in [0, 0.1) is 5.92 Å². The zero-order chi connectivity index (χ0) is 8.10. The van der Waals surface area contributed by atoms with Gasteiger partial charge in [0.25, 0.3) is 0 Å². The SMILES string of the molecule is N[C@H](CO)C1CCCCCC1. The number of hydrogen-bond donors (Lipinski definition) is 2. The van der Waals surface area contributed by atoms with Crippen molar-refractivity contribution in [3.05, 3.63) is 0 Å². The molecule has 0 aliphatic heterocycles. The van der Waals surface area contributed by atoms with Gasteiger partial charge in [0.15, 0.2) is 0 Å². The molecule has 0 radical (unpaired) electrons. The number of aliphatic hydroxyl groups is 1. The third-order valence-corrected chi connectivity index (χ3v) is 2.72. The Balaban J connectivity index is 2.30. The number of nitrogens with two attached hydrogens (primary N) is 1. The van der Waals surface area contributed by atoms with Crippen molar-refractivity contribution in [3.63, 3.8) is 0 Å². The zero-order valence-corrected chi connectivity index (χ0v) is 7.13. The molecule has 1 fully saturated rings. The summed E-state index contributed by atoms with van der Waals surface area (Å²) < 4.78 is 0. The zero-order valence-electron chi connectivity index (χ0n) is 7.13. The summed E-state index contributed by atoms with van der Waals surface area (Å²) in [4.78, 5) is 0. The Labute approximate surface area is 68.8 Å². The molecule has 3 N–H and O–H groups in total. The molecule has 2 nitrogen and oxygen atoms in total. The first kappa shape index (κ1) is 9.01. The quantitative estimate of drug-likeness (QED) is 0.593. The maximum atomic E-state index is 8.85. The van der Waals surface area contributed by atoms with Crippen LogP contribution in [0.5, 0.6) is 0 Å². The fourth-order valence-electron chi connectivity index (χ4n) is 1.89. The van der Waals surface area contributed by atoms with Gasteiger partial charge in [0.05, 0.1) is 6.61 Å². The van der Waals surface area contributed by atoms with Gasteiger partial charge in [-0.05, 0) is 18.8 Å². The van der Waals surface area contributed by atoms with Crippen molar-refractivity contribution in [1.82, 2.24) is 0 Å². The number of rotatable bonds is 2. The molecule has 1 saturated carbocycles. The summed E-state index contributed by atoms with van der Waals surface area (Å²) in [6.07, 6.45) is 7.77. The average molecular weight is 157 g/mol. The standard InChI is InChI=1S/C9H19NO/c10-9(7-11)8-5-3-1-2-4-6-8/h8-9,11H,1-7,10H2/t9-/m1/s1.